The lowest BCUT2D eigenvalue weighted by molar-refractivity contribution is 0.0838. The number of carbonyl (C=O) groups is 1. The van der Waals surface area contributed by atoms with Crippen LogP contribution in [0, 0.1) is 5.82 Å². The molecule has 1 unspecified atom stereocenters. The fourth-order valence-electron chi connectivity index (χ4n) is 3.92. The molecule has 0 saturated carbocycles. The van der Waals surface area contributed by atoms with E-state index in [0.29, 0.717) is 28.4 Å². The van der Waals surface area contributed by atoms with E-state index in [-0.39, 0.29) is 6.04 Å². The van der Waals surface area contributed by atoms with Gasteiger partial charge in [-0.25, -0.2) is 9.18 Å². The van der Waals surface area contributed by atoms with Crippen molar-refractivity contribution >= 4 is 17.7 Å². The van der Waals surface area contributed by atoms with E-state index in [2.05, 4.69) is 10.1 Å². The molecule has 0 saturated heterocycles. The minimum Gasteiger partial charge on any atom is -0.465 e. The number of hydrogen-bond acceptors (Lipinski definition) is 3. The van der Waals surface area contributed by atoms with Gasteiger partial charge in [0.2, 0.25) is 0 Å². The van der Waals surface area contributed by atoms with Gasteiger partial charge in [-0.3, -0.25) is 14.6 Å². The van der Waals surface area contributed by atoms with Gasteiger partial charge >= 0.3 is 6.09 Å². The van der Waals surface area contributed by atoms with E-state index in [1.165, 1.54) is 11.0 Å². The van der Waals surface area contributed by atoms with Crippen LogP contribution in [-0.2, 0) is 6.54 Å². The van der Waals surface area contributed by atoms with Crippen molar-refractivity contribution in [1.82, 2.24) is 19.7 Å². The Balaban J connectivity index is 2.00. The smallest absolute Gasteiger partial charge is 0.408 e. The molecular weight excluding hydrogens is 383 g/mol. The molecule has 0 fully saturated rings. The average Bonchev–Trinajstić information content (AvgIpc) is 3.01. The molecule has 8 heteroatoms. The van der Waals surface area contributed by atoms with E-state index in [4.69, 9.17) is 11.6 Å². The maximum atomic E-state index is 14.7. The lowest BCUT2D eigenvalue weighted by atomic mass is 9.95. The fraction of sp³-hybridized carbons (Fsp3) is 0.250. The van der Waals surface area contributed by atoms with Gasteiger partial charge < -0.3 is 5.11 Å². The quantitative estimate of drug-likeness (QED) is 0.667. The molecule has 2 aromatic heterocycles. The number of carboxylic acid groups (broad SMARTS) is 1. The topological polar surface area (TPSA) is 71.2 Å². The van der Waals surface area contributed by atoms with Crippen molar-refractivity contribution in [3.63, 3.8) is 0 Å². The normalized spacial score (nSPS) is 18.8. The molecule has 0 aliphatic carbocycles. The number of fused-ring (bicyclic) bond motifs is 1. The predicted octanol–water partition coefficient (Wildman–Crippen LogP) is 4.85. The van der Waals surface area contributed by atoms with Crippen molar-refractivity contribution in [1.29, 1.82) is 0 Å². The van der Waals surface area contributed by atoms with E-state index in [0.717, 1.165) is 11.3 Å². The summed E-state index contributed by atoms with van der Waals surface area (Å²) >= 11 is 5.91. The Kier molecular flexibility index (Phi) is 4.55. The van der Waals surface area contributed by atoms with E-state index in [9.17, 15) is 14.3 Å². The van der Waals surface area contributed by atoms with Crippen LogP contribution in [0.15, 0.2) is 42.7 Å². The van der Waals surface area contributed by atoms with Gasteiger partial charge in [0.05, 0.1) is 24.3 Å². The number of halogens is 2. The van der Waals surface area contributed by atoms with Crippen LogP contribution in [0.3, 0.4) is 0 Å². The summed E-state index contributed by atoms with van der Waals surface area (Å²) in [5, 5.41) is 14.7. The summed E-state index contributed by atoms with van der Waals surface area (Å²) in [6.45, 7) is 4.05. The number of rotatable bonds is 2. The SMILES string of the molecule is CC1c2c(-c3ccncc3)c(-c3ccc(Cl)cc3F)nn2C[C@H](C)N1C(=O)O. The molecule has 0 bridgehead atoms. The summed E-state index contributed by atoms with van der Waals surface area (Å²) in [5.41, 5.74) is 3.01. The minimum absolute atomic E-state index is 0.256. The fourth-order valence-corrected chi connectivity index (χ4v) is 4.08. The highest BCUT2D eigenvalue weighted by Gasteiger charge is 2.37. The van der Waals surface area contributed by atoms with Gasteiger partial charge in [0.15, 0.2) is 0 Å². The molecule has 1 N–H and O–H groups in total. The maximum Gasteiger partial charge on any atom is 0.408 e. The van der Waals surface area contributed by atoms with E-state index < -0.39 is 18.0 Å². The van der Waals surface area contributed by atoms with Gasteiger partial charge in [0.25, 0.3) is 0 Å². The Hall–Kier alpha value is -2.93. The van der Waals surface area contributed by atoms with Crippen LogP contribution < -0.4 is 0 Å². The van der Waals surface area contributed by atoms with Gasteiger partial charge in [-0.2, -0.15) is 5.10 Å². The lowest BCUT2D eigenvalue weighted by Crippen LogP contribution is -2.46. The zero-order chi connectivity index (χ0) is 20.0. The molecule has 2 atom stereocenters. The summed E-state index contributed by atoms with van der Waals surface area (Å²) in [4.78, 5) is 17.3. The molecule has 1 aliphatic heterocycles. The number of nitrogens with zero attached hydrogens (tertiary/aromatic N) is 4. The van der Waals surface area contributed by atoms with Crippen molar-refractivity contribution in [2.24, 2.45) is 0 Å². The number of pyridine rings is 1. The van der Waals surface area contributed by atoms with E-state index >= 15 is 0 Å². The van der Waals surface area contributed by atoms with Crippen molar-refractivity contribution < 1.29 is 14.3 Å². The van der Waals surface area contributed by atoms with E-state index in [1.54, 1.807) is 29.2 Å². The second kappa shape index (κ2) is 6.91. The molecule has 3 heterocycles. The summed E-state index contributed by atoms with van der Waals surface area (Å²) < 4.78 is 16.5. The first kappa shape index (κ1) is 18.4. The highest BCUT2D eigenvalue weighted by atomic mass is 35.5. The number of aromatic nitrogens is 3. The zero-order valence-electron chi connectivity index (χ0n) is 15.3. The van der Waals surface area contributed by atoms with Gasteiger partial charge in [-0.05, 0) is 49.7 Å². The third kappa shape index (κ3) is 2.92. The highest BCUT2D eigenvalue weighted by Crippen LogP contribution is 2.42. The lowest BCUT2D eigenvalue weighted by Gasteiger charge is -2.37. The minimum atomic E-state index is -0.993. The van der Waals surface area contributed by atoms with Crippen LogP contribution in [0.2, 0.25) is 5.02 Å². The first-order valence-electron chi connectivity index (χ1n) is 8.86. The Morgan fingerprint density at radius 3 is 2.61 bits per heavy atom. The molecule has 1 aromatic carbocycles. The first-order valence-corrected chi connectivity index (χ1v) is 9.24. The number of hydrogen-bond donors (Lipinski definition) is 1. The van der Waals surface area contributed by atoms with Crippen molar-refractivity contribution in [3.8, 4) is 22.4 Å². The maximum absolute atomic E-state index is 14.7. The zero-order valence-corrected chi connectivity index (χ0v) is 16.1. The Bertz CT molecular complexity index is 1050. The van der Waals surface area contributed by atoms with Crippen molar-refractivity contribution in [2.75, 3.05) is 0 Å². The monoisotopic (exact) mass is 400 g/mol. The summed E-state index contributed by atoms with van der Waals surface area (Å²) in [5.74, 6) is -0.478. The van der Waals surface area contributed by atoms with Crippen molar-refractivity contribution in [2.45, 2.75) is 32.5 Å². The van der Waals surface area contributed by atoms with Crippen LogP contribution in [0.4, 0.5) is 9.18 Å². The van der Waals surface area contributed by atoms with Gasteiger partial charge in [-0.1, -0.05) is 11.6 Å². The van der Waals surface area contributed by atoms with Gasteiger partial charge in [0.1, 0.15) is 11.5 Å². The molecule has 1 amide bonds. The standard InChI is InChI=1S/C20H18ClFN4O2/c1-11-10-25-19(12(2)26(11)20(27)28)17(13-5-7-23-8-6-13)18(24-25)15-4-3-14(21)9-16(15)22/h3-9,11-12H,10H2,1-2H3,(H,27,28)/t11-,12?/m0/s1. The summed E-state index contributed by atoms with van der Waals surface area (Å²) in [6.07, 6.45) is 2.30. The van der Waals surface area contributed by atoms with Crippen LogP contribution in [0.25, 0.3) is 22.4 Å². The highest BCUT2D eigenvalue weighted by molar-refractivity contribution is 6.30. The molecule has 144 valence electrons. The van der Waals surface area contributed by atoms with Crippen LogP contribution in [-0.4, -0.2) is 36.9 Å². The predicted molar refractivity (Wildman–Crippen MR) is 104 cm³/mol. The largest absolute Gasteiger partial charge is 0.465 e. The molecule has 3 aromatic rings. The number of benzene rings is 1. The molecule has 1 aliphatic rings. The van der Waals surface area contributed by atoms with Crippen LogP contribution in [0.5, 0.6) is 0 Å². The van der Waals surface area contributed by atoms with Crippen LogP contribution >= 0.6 is 11.6 Å². The van der Waals surface area contributed by atoms with E-state index in [1.807, 2.05) is 26.0 Å². The Morgan fingerprint density at radius 2 is 1.96 bits per heavy atom. The molecule has 28 heavy (non-hydrogen) atoms. The van der Waals surface area contributed by atoms with Gasteiger partial charge in [0, 0.05) is 28.5 Å². The summed E-state index contributed by atoms with van der Waals surface area (Å²) in [7, 11) is 0. The Morgan fingerprint density at radius 1 is 1.25 bits per heavy atom. The Labute approximate surface area is 166 Å². The third-order valence-corrected chi connectivity index (χ3v) is 5.33. The second-order valence-electron chi connectivity index (χ2n) is 6.87. The molecular formula is C20H18ClFN4O2. The van der Waals surface area contributed by atoms with Crippen LogP contribution in [0.1, 0.15) is 25.6 Å². The van der Waals surface area contributed by atoms with Crippen molar-refractivity contribution in [3.05, 3.63) is 59.3 Å². The molecule has 6 nitrogen and oxygen atoms in total. The molecule has 4 rings (SSSR count). The first-order chi connectivity index (χ1) is 13.4. The second-order valence-corrected chi connectivity index (χ2v) is 7.30. The summed E-state index contributed by atoms with van der Waals surface area (Å²) in [6, 6.07) is 7.38. The molecule has 0 spiro atoms. The average molecular weight is 401 g/mol. The van der Waals surface area contributed by atoms with Gasteiger partial charge in [-0.15, -0.1) is 0 Å². The number of amides is 1. The molecule has 0 radical (unpaired) electrons. The third-order valence-electron chi connectivity index (χ3n) is 5.09.